The van der Waals surface area contributed by atoms with Crippen LogP contribution < -0.4 is 10.2 Å². The molecule has 0 unspecified atom stereocenters. The summed E-state index contributed by atoms with van der Waals surface area (Å²) in [6, 6.07) is 5.53. The summed E-state index contributed by atoms with van der Waals surface area (Å²) >= 11 is 0. The molecule has 0 aliphatic heterocycles. The summed E-state index contributed by atoms with van der Waals surface area (Å²) in [5, 5.41) is 2.67. The van der Waals surface area contributed by atoms with Crippen LogP contribution in [-0.2, 0) is 12.7 Å². The maximum atomic E-state index is 14.2. The average molecular weight is 342 g/mol. The predicted molar refractivity (Wildman–Crippen MR) is 84.3 cm³/mol. The molecule has 4 nitrogen and oxygen atoms in total. The molecule has 0 bridgehead atoms. The molecule has 1 aromatic heterocycles. The number of halogens is 4. The van der Waals surface area contributed by atoms with E-state index >= 15 is 0 Å². The maximum absolute atomic E-state index is 14.2. The molecular formula is C16H18F4N4. The van der Waals surface area contributed by atoms with Gasteiger partial charge in [-0.2, -0.15) is 13.2 Å². The lowest BCUT2D eigenvalue weighted by atomic mass is 10.2. The number of anilines is 2. The molecule has 0 radical (unpaired) electrons. The van der Waals surface area contributed by atoms with Crippen LogP contribution in [0.5, 0.6) is 0 Å². The van der Waals surface area contributed by atoms with E-state index in [1.165, 1.54) is 6.07 Å². The Morgan fingerprint density at radius 2 is 1.83 bits per heavy atom. The van der Waals surface area contributed by atoms with Crippen LogP contribution in [0.3, 0.4) is 0 Å². The van der Waals surface area contributed by atoms with Crippen molar-refractivity contribution < 1.29 is 17.6 Å². The summed E-state index contributed by atoms with van der Waals surface area (Å²) in [5.41, 5.74) is 0.0616. The van der Waals surface area contributed by atoms with Crippen LogP contribution in [0.2, 0.25) is 0 Å². The standard InChI is InChI=1S/C16H18F4N4/c1-3-24(4-2)13-6-5-11(9-12(13)17)10-22-15-21-8-7-14(23-15)16(18,19)20/h5-9H,3-4,10H2,1-2H3,(H,21,22,23). The highest BCUT2D eigenvalue weighted by molar-refractivity contribution is 5.49. The second-order valence-corrected chi connectivity index (χ2v) is 5.07. The molecule has 2 rings (SSSR count). The Morgan fingerprint density at radius 3 is 2.42 bits per heavy atom. The van der Waals surface area contributed by atoms with Gasteiger partial charge in [-0.15, -0.1) is 0 Å². The Labute approximate surface area is 137 Å². The molecule has 0 saturated heterocycles. The Bertz CT molecular complexity index is 684. The van der Waals surface area contributed by atoms with Crippen molar-refractivity contribution in [2.45, 2.75) is 26.6 Å². The summed E-state index contributed by atoms with van der Waals surface area (Å²) in [4.78, 5) is 9.02. The minimum Gasteiger partial charge on any atom is -0.370 e. The van der Waals surface area contributed by atoms with Gasteiger partial charge < -0.3 is 10.2 Å². The van der Waals surface area contributed by atoms with E-state index in [9.17, 15) is 17.6 Å². The summed E-state index contributed by atoms with van der Waals surface area (Å²) in [6.45, 7) is 5.36. The van der Waals surface area contributed by atoms with Gasteiger partial charge in [0, 0.05) is 25.8 Å². The zero-order chi connectivity index (χ0) is 17.7. The fourth-order valence-electron chi connectivity index (χ4n) is 2.26. The number of alkyl halides is 3. The number of benzene rings is 1. The highest BCUT2D eigenvalue weighted by Crippen LogP contribution is 2.27. The number of aromatic nitrogens is 2. The van der Waals surface area contributed by atoms with Crippen molar-refractivity contribution in [2.75, 3.05) is 23.3 Å². The van der Waals surface area contributed by atoms with Gasteiger partial charge in [-0.3, -0.25) is 0 Å². The monoisotopic (exact) mass is 342 g/mol. The van der Waals surface area contributed by atoms with Crippen LogP contribution in [0.15, 0.2) is 30.5 Å². The first kappa shape index (κ1) is 18.0. The second kappa shape index (κ2) is 7.46. The Balaban J connectivity index is 2.09. The van der Waals surface area contributed by atoms with E-state index in [4.69, 9.17) is 0 Å². The lowest BCUT2D eigenvalue weighted by Crippen LogP contribution is -2.23. The van der Waals surface area contributed by atoms with Crippen LogP contribution in [-0.4, -0.2) is 23.1 Å². The third-order valence-corrected chi connectivity index (χ3v) is 3.51. The van der Waals surface area contributed by atoms with Gasteiger partial charge in [-0.05, 0) is 37.6 Å². The number of rotatable bonds is 6. The molecule has 1 aromatic carbocycles. The van der Waals surface area contributed by atoms with Gasteiger partial charge in [-0.25, -0.2) is 14.4 Å². The van der Waals surface area contributed by atoms with Crippen LogP contribution in [0.1, 0.15) is 25.1 Å². The lowest BCUT2D eigenvalue weighted by molar-refractivity contribution is -0.141. The van der Waals surface area contributed by atoms with E-state index in [2.05, 4.69) is 15.3 Å². The molecule has 130 valence electrons. The highest BCUT2D eigenvalue weighted by atomic mass is 19.4. The first-order valence-electron chi connectivity index (χ1n) is 7.52. The van der Waals surface area contributed by atoms with Crippen molar-refractivity contribution >= 4 is 11.6 Å². The molecule has 0 amide bonds. The Kier molecular flexibility index (Phi) is 5.58. The Morgan fingerprint density at radius 1 is 1.12 bits per heavy atom. The van der Waals surface area contributed by atoms with Gasteiger partial charge in [0.05, 0.1) is 5.69 Å². The van der Waals surface area contributed by atoms with Gasteiger partial charge in [0.25, 0.3) is 0 Å². The lowest BCUT2D eigenvalue weighted by Gasteiger charge is -2.22. The SMILES string of the molecule is CCN(CC)c1ccc(CNc2nccc(C(F)(F)F)n2)cc1F. The number of hydrogen-bond donors (Lipinski definition) is 1. The van der Waals surface area contributed by atoms with Crippen LogP contribution in [0.4, 0.5) is 29.2 Å². The minimum absolute atomic E-state index is 0.122. The van der Waals surface area contributed by atoms with Crippen LogP contribution >= 0.6 is 0 Å². The maximum Gasteiger partial charge on any atom is 0.433 e. The molecule has 0 aliphatic rings. The summed E-state index contributed by atoms with van der Waals surface area (Å²) < 4.78 is 52.0. The second-order valence-electron chi connectivity index (χ2n) is 5.07. The molecule has 0 fully saturated rings. The molecule has 1 heterocycles. The first-order valence-corrected chi connectivity index (χ1v) is 7.52. The molecule has 0 spiro atoms. The quantitative estimate of drug-likeness (QED) is 0.803. The van der Waals surface area contributed by atoms with Gasteiger partial charge in [0.2, 0.25) is 5.95 Å². The molecule has 0 aliphatic carbocycles. The smallest absolute Gasteiger partial charge is 0.370 e. The van der Waals surface area contributed by atoms with Gasteiger partial charge in [0.1, 0.15) is 11.5 Å². The van der Waals surface area contributed by atoms with E-state index < -0.39 is 11.9 Å². The van der Waals surface area contributed by atoms with Gasteiger partial charge in [-0.1, -0.05) is 6.07 Å². The van der Waals surface area contributed by atoms with E-state index in [0.717, 1.165) is 12.3 Å². The van der Waals surface area contributed by atoms with E-state index in [1.807, 2.05) is 18.7 Å². The minimum atomic E-state index is -4.53. The fourth-order valence-corrected chi connectivity index (χ4v) is 2.26. The van der Waals surface area contributed by atoms with Crippen LogP contribution in [0, 0.1) is 5.82 Å². The molecule has 0 atom stereocenters. The summed E-state index contributed by atoms with van der Waals surface area (Å²) in [7, 11) is 0. The van der Waals surface area contributed by atoms with Crippen molar-refractivity contribution in [2.24, 2.45) is 0 Å². The zero-order valence-corrected chi connectivity index (χ0v) is 13.4. The van der Waals surface area contributed by atoms with Gasteiger partial charge in [0.15, 0.2) is 0 Å². The van der Waals surface area contributed by atoms with E-state index in [-0.39, 0.29) is 18.3 Å². The van der Waals surface area contributed by atoms with Crippen molar-refractivity contribution in [1.29, 1.82) is 0 Å². The third-order valence-electron chi connectivity index (χ3n) is 3.51. The molecule has 8 heteroatoms. The summed E-state index contributed by atoms with van der Waals surface area (Å²) in [5.74, 6) is -0.527. The number of nitrogens with one attached hydrogen (secondary N) is 1. The number of hydrogen-bond acceptors (Lipinski definition) is 4. The van der Waals surface area contributed by atoms with Crippen molar-refractivity contribution in [1.82, 2.24) is 9.97 Å². The number of nitrogens with zero attached hydrogens (tertiary/aromatic N) is 3. The van der Waals surface area contributed by atoms with Gasteiger partial charge >= 0.3 is 6.18 Å². The van der Waals surface area contributed by atoms with E-state index in [0.29, 0.717) is 24.3 Å². The molecule has 1 N–H and O–H groups in total. The first-order chi connectivity index (χ1) is 11.3. The average Bonchev–Trinajstić information content (AvgIpc) is 2.55. The molecule has 0 saturated carbocycles. The fraction of sp³-hybridized carbons (Fsp3) is 0.375. The zero-order valence-electron chi connectivity index (χ0n) is 13.4. The molecule has 24 heavy (non-hydrogen) atoms. The third kappa shape index (κ3) is 4.33. The molecular weight excluding hydrogens is 324 g/mol. The largest absolute Gasteiger partial charge is 0.433 e. The topological polar surface area (TPSA) is 41.0 Å². The normalized spacial score (nSPS) is 11.4. The van der Waals surface area contributed by atoms with Crippen LogP contribution in [0.25, 0.3) is 0 Å². The van der Waals surface area contributed by atoms with E-state index in [1.54, 1.807) is 12.1 Å². The predicted octanol–water partition coefficient (Wildman–Crippen LogP) is 4.09. The Hall–Kier alpha value is -2.38. The molecule has 2 aromatic rings. The van der Waals surface area contributed by atoms with Crippen molar-refractivity contribution in [3.63, 3.8) is 0 Å². The highest BCUT2D eigenvalue weighted by Gasteiger charge is 2.32. The van der Waals surface area contributed by atoms with Crippen molar-refractivity contribution in [3.8, 4) is 0 Å². The summed E-state index contributed by atoms with van der Waals surface area (Å²) in [6.07, 6.45) is -3.50. The van der Waals surface area contributed by atoms with Crippen molar-refractivity contribution in [3.05, 3.63) is 47.5 Å².